The van der Waals surface area contributed by atoms with Gasteiger partial charge in [0, 0.05) is 30.5 Å². The quantitative estimate of drug-likeness (QED) is 0.470. The zero-order valence-corrected chi connectivity index (χ0v) is 21.2. The number of pyridine rings is 1. The van der Waals surface area contributed by atoms with Gasteiger partial charge in [-0.25, -0.2) is 9.78 Å². The summed E-state index contributed by atoms with van der Waals surface area (Å²) in [6.07, 6.45) is 11.0. The predicted molar refractivity (Wildman–Crippen MR) is 142 cm³/mol. The number of nitrogens with zero attached hydrogens (tertiary/aromatic N) is 4. The molecule has 2 N–H and O–H groups in total. The SMILES string of the molecule is N#Cc1cnc(OC(=O)Nc2ccc(C3CCN(C(=O)Cc4ccccn4)CC3)cc2C2=CCCCC2)[nH]1. The minimum absolute atomic E-state index is 0.0292. The van der Waals surface area contributed by atoms with Crippen LogP contribution in [0.5, 0.6) is 6.01 Å². The number of imidazole rings is 1. The predicted octanol–water partition coefficient (Wildman–Crippen LogP) is 5.19. The number of benzene rings is 1. The van der Waals surface area contributed by atoms with Gasteiger partial charge in [0.25, 0.3) is 0 Å². The molecule has 194 valence electrons. The molecule has 9 nitrogen and oxygen atoms in total. The highest BCUT2D eigenvalue weighted by atomic mass is 16.6. The summed E-state index contributed by atoms with van der Waals surface area (Å²) < 4.78 is 5.24. The molecule has 1 fully saturated rings. The highest BCUT2D eigenvalue weighted by Crippen LogP contribution is 2.36. The van der Waals surface area contributed by atoms with E-state index in [1.807, 2.05) is 35.2 Å². The van der Waals surface area contributed by atoms with Crippen molar-refractivity contribution in [2.45, 2.75) is 50.9 Å². The number of hydrogen-bond donors (Lipinski definition) is 2. The van der Waals surface area contributed by atoms with E-state index < -0.39 is 6.09 Å². The van der Waals surface area contributed by atoms with Gasteiger partial charge in [0.2, 0.25) is 5.91 Å². The number of nitrogens with one attached hydrogen (secondary N) is 2. The Labute approximate surface area is 221 Å². The molecule has 1 saturated heterocycles. The van der Waals surface area contributed by atoms with Crippen molar-refractivity contribution in [2.24, 2.45) is 0 Å². The van der Waals surface area contributed by atoms with Crippen molar-refractivity contribution in [3.63, 3.8) is 0 Å². The van der Waals surface area contributed by atoms with Crippen LogP contribution in [0.4, 0.5) is 10.5 Å². The molecule has 0 saturated carbocycles. The Kier molecular flexibility index (Phi) is 7.78. The number of allylic oxidation sites excluding steroid dienone is 2. The maximum Gasteiger partial charge on any atom is 0.419 e. The van der Waals surface area contributed by atoms with Crippen LogP contribution in [-0.4, -0.2) is 44.9 Å². The second kappa shape index (κ2) is 11.7. The van der Waals surface area contributed by atoms with Gasteiger partial charge in [0.15, 0.2) is 0 Å². The van der Waals surface area contributed by atoms with E-state index in [-0.39, 0.29) is 17.6 Å². The van der Waals surface area contributed by atoms with E-state index >= 15 is 0 Å². The fourth-order valence-corrected chi connectivity index (χ4v) is 5.14. The van der Waals surface area contributed by atoms with Crippen molar-refractivity contribution in [3.05, 3.63) is 77.4 Å². The van der Waals surface area contributed by atoms with Crippen molar-refractivity contribution in [1.82, 2.24) is 19.9 Å². The van der Waals surface area contributed by atoms with Crippen LogP contribution in [0.15, 0.2) is 54.9 Å². The van der Waals surface area contributed by atoms with Crippen LogP contribution < -0.4 is 10.1 Å². The van der Waals surface area contributed by atoms with Gasteiger partial charge in [-0.2, -0.15) is 5.26 Å². The van der Waals surface area contributed by atoms with Crippen LogP contribution in [0, 0.1) is 11.3 Å². The number of aromatic amines is 1. The molecule has 3 aromatic rings. The van der Waals surface area contributed by atoms with Crippen LogP contribution in [0.3, 0.4) is 0 Å². The number of rotatable bonds is 6. The van der Waals surface area contributed by atoms with E-state index in [2.05, 4.69) is 38.5 Å². The molecule has 1 aliphatic heterocycles. The number of likely N-dealkylation sites (tertiary alicyclic amines) is 1. The molecule has 0 spiro atoms. The summed E-state index contributed by atoms with van der Waals surface area (Å²) in [4.78, 5) is 38.1. The molecule has 2 aliphatic rings. The average molecular weight is 511 g/mol. The number of nitriles is 1. The van der Waals surface area contributed by atoms with Gasteiger partial charge < -0.3 is 9.64 Å². The third-order valence-electron chi connectivity index (χ3n) is 7.16. The van der Waals surface area contributed by atoms with Crippen molar-refractivity contribution < 1.29 is 14.3 Å². The number of anilines is 1. The second-order valence-electron chi connectivity index (χ2n) is 9.66. The van der Waals surface area contributed by atoms with E-state index in [1.165, 1.54) is 23.8 Å². The molecule has 1 aliphatic carbocycles. The molecule has 2 aromatic heterocycles. The lowest BCUT2D eigenvalue weighted by molar-refractivity contribution is -0.131. The normalized spacial score (nSPS) is 15.9. The Morgan fingerprint density at radius 1 is 1.16 bits per heavy atom. The average Bonchev–Trinajstić information content (AvgIpc) is 3.41. The second-order valence-corrected chi connectivity index (χ2v) is 9.66. The molecule has 5 rings (SSSR count). The topological polar surface area (TPSA) is 124 Å². The van der Waals surface area contributed by atoms with E-state index in [0.29, 0.717) is 31.1 Å². The van der Waals surface area contributed by atoms with Crippen LogP contribution >= 0.6 is 0 Å². The van der Waals surface area contributed by atoms with Gasteiger partial charge in [-0.15, -0.1) is 0 Å². The zero-order valence-electron chi connectivity index (χ0n) is 21.2. The lowest BCUT2D eigenvalue weighted by Crippen LogP contribution is -2.38. The minimum atomic E-state index is -0.672. The molecular formula is C29H30N6O3. The highest BCUT2D eigenvalue weighted by Gasteiger charge is 2.25. The summed E-state index contributed by atoms with van der Waals surface area (Å²) in [6, 6.07) is 13.7. The standard InChI is InChI=1S/C29H30N6O3/c30-18-24-19-32-28(33-24)38-29(37)34-26-10-9-22(16-25(26)21-6-2-1-3-7-21)20-11-14-35(15-12-20)27(36)17-23-8-4-5-13-31-23/h4-6,8-10,13,16,19-20H,1-3,7,11-12,14-15,17H2,(H,32,33)(H,34,37). The summed E-state index contributed by atoms with van der Waals surface area (Å²) in [5.41, 5.74) is 5.14. The number of H-pyrrole nitrogens is 1. The number of ether oxygens (including phenoxy) is 1. The lowest BCUT2D eigenvalue weighted by atomic mass is 9.85. The molecule has 0 radical (unpaired) electrons. The maximum absolute atomic E-state index is 12.8. The van der Waals surface area contributed by atoms with Crippen molar-refractivity contribution in [2.75, 3.05) is 18.4 Å². The first-order valence-electron chi connectivity index (χ1n) is 13.0. The Bertz CT molecular complexity index is 1370. The zero-order chi connectivity index (χ0) is 26.3. The third kappa shape index (κ3) is 6.09. The van der Waals surface area contributed by atoms with E-state index in [9.17, 15) is 9.59 Å². The van der Waals surface area contributed by atoms with Crippen LogP contribution in [-0.2, 0) is 11.2 Å². The Hall–Kier alpha value is -4.45. The molecule has 3 heterocycles. The summed E-state index contributed by atoms with van der Waals surface area (Å²) >= 11 is 0. The molecule has 9 heteroatoms. The minimum Gasteiger partial charge on any atom is -0.375 e. The fourth-order valence-electron chi connectivity index (χ4n) is 5.14. The van der Waals surface area contributed by atoms with E-state index in [4.69, 9.17) is 10.00 Å². The molecule has 0 unspecified atom stereocenters. The van der Waals surface area contributed by atoms with Gasteiger partial charge in [-0.3, -0.25) is 20.1 Å². The van der Waals surface area contributed by atoms with Crippen molar-refractivity contribution in [3.8, 4) is 12.1 Å². The molecule has 0 atom stereocenters. The lowest BCUT2D eigenvalue weighted by Gasteiger charge is -2.32. The Morgan fingerprint density at radius 3 is 2.74 bits per heavy atom. The molecule has 1 aromatic carbocycles. The fraction of sp³-hybridized carbons (Fsp3) is 0.345. The Balaban J connectivity index is 1.27. The number of amides is 2. The molecular weight excluding hydrogens is 480 g/mol. The van der Waals surface area contributed by atoms with E-state index in [1.54, 1.807) is 6.20 Å². The smallest absolute Gasteiger partial charge is 0.375 e. The highest BCUT2D eigenvalue weighted by molar-refractivity contribution is 5.91. The van der Waals surface area contributed by atoms with Crippen molar-refractivity contribution in [1.29, 1.82) is 5.26 Å². The summed E-state index contributed by atoms with van der Waals surface area (Å²) in [5, 5.41) is 11.8. The summed E-state index contributed by atoms with van der Waals surface area (Å²) in [6.45, 7) is 1.43. The van der Waals surface area contributed by atoms with Gasteiger partial charge in [0.1, 0.15) is 11.8 Å². The van der Waals surface area contributed by atoms with E-state index in [0.717, 1.165) is 43.4 Å². The number of aromatic nitrogens is 3. The molecule has 0 bridgehead atoms. The summed E-state index contributed by atoms with van der Waals surface area (Å²) in [5.74, 6) is 0.456. The van der Waals surface area contributed by atoms with Crippen molar-refractivity contribution >= 4 is 23.3 Å². The third-order valence-corrected chi connectivity index (χ3v) is 7.16. The number of carbonyl (C=O) groups is 2. The first-order chi connectivity index (χ1) is 18.6. The van der Waals surface area contributed by atoms with Gasteiger partial charge >= 0.3 is 12.1 Å². The Morgan fingerprint density at radius 2 is 2.03 bits per heavy atom. The largest absolute Gasteiger partial charge is 0.419 e. The van der Waals surface area contributed by atoms with Crippen LogP contribution in [0.1, 0.15) is 67.0 Å². The maximum atomic E-state index is 12.8. The number of hydrogen-bond acceptors (Lipinski definition) is 6. The number of carbonyl (C=O) groups excluding carboxylic acids is 2. The summed E-state index contributed by atoms with van der Waals surface area (Å²) in [7, 11) is 0. The molecule has 2 amide bonds. The van der Waals surface area contributed by atoms with Gasteiger partial charge in [-0.05, 0) is 79.8 Å². The van der Waals surface area contributed by atoms with Crippen LogP contribution in [0.25, 0.3) is 5.57 Å². The van der Waals surface area contributed by atoms with Gasteiger partial charge in [-0.1, -0.05) is 18.2 Å². The molecule has 38 heavy (non-hydrogen) atoms. The first-order valence-corrected chi connectivity index (χ1v) is 13.0. The first kappa shape index (κ1) is 25.2. The number of piperidine rings is 1. The van der Waals surface area contributed by atoms with Gasteiger partial charge in [0.05, 0.1) is 18.3 Å². The van der Waals surface area contributed by atoms with Crippen LogP contribution in [0.2, 0.25) is 0 Å². The monoisotopic (exact) mass is 510 g/mol.